The van der Waals surface area contributed by atoms with Crippen LogP contribution in [0.15, 0.2) is 24.3 Å². The highest BCUT2D eigenvalue weighted by Crippen LogP contribution is 2.66. The van der Waals surface area contributed by atoms with E-state index >= 15 is 0 Å². The summed E-state index contributed by atoms with van der Waals surface area (Å²) in [4.78, 5) is 37.8. The number of hydrogen-bond acceptors (Lipinski definition) is 8. The molecule has 8 nitrogen and oxygen atoms in total. The first-order chi connectivity index (χ1) is 14.5. The van der Waals surface area contributed by atoms with Gasteiger partial charge in [0.2, 0.25) is 6.79 Å². The Hall–Kier alpha value is -2.19. The molecule has 0 radical (unpaired) electrons. The molecule has 3 aliphatic carbocycles. The summed E-state index contributed by atoms with van der Waals surface area (Å²) < 4.78 is 15.9. The lowest BCUT2D eigenvalue weighted by Crippen LogP contribution is -2.60. The van der Waals surface area contributed by atoms with Gasteiger partial charge in [-0.05, 0) is 55.9 Å². The quantitative estimate of drug-likeness (QED) is 0.391. The molecule has 31 heavy (non-hydrogen) atoms. The number of hydrogen-bond donors (Lipinski definition) is 2. The van der Waals surface area contributed by atoms with Crippen molar-refractivity contribution >= 4 is 17.9 Å². The van der Waals surface area contributed by atoms with Gasteiger partial charge in [-0.2, -0.15) is 0 Å². The van der Waals surface area contributed by atoms with E-state index in [1.54, 1.807) is 19.1 Å². The molecule has 1 saturated heterocycles. The fourth-order valence-corrected chi connectivity index (χ4v) is 6.44. The van der Waals surface area contributed by atoms with E-state index in [0.717, 1.165) is 0 Å². The van der Waals surface area contributed by atoms with Crippen molar-refractivity contribution in [2.45, 2.75) is 57.7 Å². The zero-order chi connectivity index (χ0) is 22.6. The van der Waals surface area contributed by atoms with E-state index in [9.17, 15) is 24.6 Å². The van der Waals surface area contributed by atoms with Gasteiger partial charge in [-0.25, -0.2) is 0 Å². The summed E-state index contributed by atoms with van der Waals surface area (Å²) in [5.74, 6) is -3.29. The predicted molar refractivity (Wildman–Crippen MR) is 107 cm³/mol. The molecular weight excluding hydrogens is 404 g/mol. The van der Waals surface area contributed by atoms with Gasteiger partial charge in [-0.3, -0.25) is 14.4 Å². The largest absolute Gasteiger partial charge is 0.465 e. The van der Waals surface area contributed by atoms with E-state index in [-0.39, 0.29) is 12.5 Å². The minimum Gasteiger partial charge on any atom is -0.465 e. The standard InChI is InChI=1S/C23H30O8/c1-13-9-22-11-23(13,28)8-7-15(22)10-29-20(27)21(3)16(5-4-6-17(21)25)18(22)19(26)31-12-30-14(2)24/h4,6,15-18,25,28H,1,5,7-12H2,2-3H3/t15-,16?,17-,18+,21+,22-,23-/m0/s1. The van der Waals surface area contributed by atoms with Gasteiger partial charge in [0.1, 0.15) is 0 Å². The van der Waals surface area contributed by atoms with Crippen LogP contribution in [0.25, 0.3) is 0 Å². The number of aliphatic hydroxyl groups excluding tert-OH is 1. The second-order valence-corrected chi connectivity index (χ2v) is 9.75. The second kappa shape index (κ2) is 7.45. The van der Waals surface area contributed by atoms with Crippen LogP contribution in [0, 0.1) is 28.6 Å². The minimum atomic E-state index is -1.35. The van der Waals surface area contributed by atoms with Gasteiger partial charge >= 0.3 is 17.9 Å². The number of esters is 3. The summed E-state index contributed by atoms with van der Waals surface area (Å²) in [5, 5.41) is 22.0. The number of cyclic esters (lactones) is 1. The molecule has 4 aliphatic rings. The van der Waals surface area contributed by atoms with Crippen LogP contribution in [0.5, 0.6) is 0 Å². The van der Waals surface area contributed by atoms with Crippen LogP contribution in [0.1, 0.15) is 46.0 Å². The van der Waals surface area contributed by atoms with E-state index in [1.165, 1.54) is 6.92 Å². The van der Waals surface area contributed by atoms with E-state index in [2.05, 4.69) is 6.58 Å². The Morgan fingerprint density at radius 3 is 2.81 bits per heavy atom. The molecule has 1 spiro atoms. The topological polar surface area (TPSA) is 119 Å². The molecule has 1 aliphatic heterocycles. The fourth-order valence-electron chi connectivity index (χ4n) is 6.44. The summed E-state index contributed by atoms with van der Waals surface area (Å²) in [6.45, 7) is 6.52. The van der Waals surface area contributed by atoms with Gasteiger partial charge in [-0.15, -0.1) is 0 Å². The molecule has 1 unspecified atom stereocenters. The van der Waals surface area contributed by atoms with Crippen LogP contribution in [0.3, 0.4) is 0 Å². The van der Waals surface area contributed by atoms with Crippen molar-refractivity contribution in [2.75, 3.05) is 13.4 Å². The van der Waals surface area contributed by atoms with Crippen molar-refractivity contribution in [2.24, 2.45) is 28.6 Å². The van der Waals surface area contributed by atoms with E-state index in [1.807, 2.05) is 0 Å². The average molecular weight is 434 g/mol. The van der Waals surface area contributed by atoms with Gasteiger partial charge in [0, 0.05) is 12.8 Å². The van der Waals surface area contributed by atoms with Crippen molar-refractivity contribution in [3.05, 3.63) is 24.3 Å². The summed E-state index contributed by atoms with van der Waals surface area (Å²) in [7, 11) is 0. The molecule has 8 heteroatoms. The summed E-state index contributed by atoms with van der Waals surface area (Å²) in [6, 6.07) is 0. The highest BCUT2D eigenvalue weighted by Gasteiger charge is 2.68. The number of rotatable bonds is 3. The molecule has 2 saturated carbocycles. The Morgan fingerprint density at radius 1 is 1.35 bits per heavy atom. The molecule has 2 bridgehead atoms. The van der Waals surface area contributed by atoms with Crippen LogP contribution in [0.4, 0.5) is 0 Å². The first-order valence-electron chi connectivity index (χ1n) is 10.8. The average Bonchev–Trinajstić information content (AvgIpc) is 2.90. The molecule has 1 heterocycles. The van der Waals surface area contributed by atoms with Gasteiger partial charge in [0.05, 0.1) is 29.6 Å². The predicted octanol–water partition coefficient (Wildman–Crippen LogP) is 1.64. The molecule has 0 amide bonds. The van der Waals surface area contributed by atoms with Crippen LogP contribution in [-0.4, -0.2) is 53.2 Å². The Bertz CT molecular complexity index is 849. The van der Waals surface area contributed by atoms with Crippen molar-refractivity contribution in [3.63, 3.8) is 0 Å². The number of aliphatic hydroxyl groups is 2. The van der Waals surface area contributed by atoms with Crippen molar-refractivity contribution < 1.29 is 38.8 Å². The smallest absolute Gasteiger partial charge is 0.315 e. The van der Waals surface area contributed by atoms with Crippen LogP contribution in [-0.2, 0) is 28.6 Å². The van der Waals surface area contributed by atoms with Crippen molar-refractivity contribution in [1.82, 2.24) is 0 Å². The van der Waals surface area contributed by atoms with Crippen LogP contribution >= 0.6 is 0 Å². The molecule has 7 atom stereocenters. The molecule has 4 rings (SSSR count). The maximum absolute atomic E-state index is 13.5. The summed E-state index contributed by atoms with van der Waals surface area (Å²) in [6.07, 6.45) is 4.38. The number of carbonyl (C=O) groups excluding carboxylic acids is 3. The van der Waals surface area contributed by atoms with Crippen LogP contribution in [0.2, 0.25) is 0 Å². The van der Waals surface area contributed by atoms with Crippen molar-refractivity contribution in [1.29, 1.82) is 0 Å². The van der Waals surface area contributed by atoms with Crippen molar-refractivity contribution in [3.8, 4) is 0 Å². The molecule has 170 valence electrons. The lowest BCUT2D eigenvalue weighted by Gasteiger charge is -2.54. The first-order valence-corrected chi connectivity index (χ1v) is 10.8. The van der Waals surface area contributed by atoms with Crippen LogP contribution < -0.4 is 0 Å². The number of ether oxygens (including phenoxy) is 3. The Balaban J connectivity index is 1.81. The summed E-state index contributed by atoms with van der Waals surface area (Å²) in [5.41, 5.74) is -2.48. The molecule has 0 aromatic rings. The zero-order valence-electron chi connectivity index (χ0n) is 18.0. The SMILES string of the molecule is C=C1C[C@]23C[C@@]1(O)CC[C@H]2COC(=O)[C@]1(C)C(CC=C[C@@H]1O)[C@@H]3C(=O)OCOC(C)=O. The lowest BCUT2D eigenvalue weighted by molar-refractivity contribution is -0.201. The second-order valence-electron chi connectivity index (χ2n) is 9.75. The molecule has 2 N–H and O–H groups in total. The third kappa shape index (κ3) is 3.22. The third-order valence-electron chi connectivity index (χ3n) is 8.23. The zero-order valence-corrected chi connectivity index (χ0v) is 18.0. The van der Waals surface area contributed by atoms with E-state index in [0.29, 0.717) is 37.7 Å². The number of carbonyl (C=O) groups is 3. The Labute approximate surface area is 181 Å². The minimum absolute atomic E-state index is 0.106. The normalized spacial score (nSPS) is 43.7. The van der Waals surface area contributed by atoms with E-state index < -0.39 is 59.1 Å². The fraction of sp³-hybridized carbons (Fsp3) is 0.696. The number of fused-ring (bicyclic) bond motifs is 2. The molecule has 0 aromatic heterocycles. The summed E-state index contributed by atoms with van der Waals surface area (Å²) >= 11 is 0. The van der Waals surface area contributed by atoms with Gasteiger partial charge in [0.25, 0.3) is 0 Å². The molecule has 3 fully saturated rings. The van der Waals surface area contributed by atoms with Gasteiger partial charge in [0.15, 0.2) is 0 Å². The highest BCUT2D eigenvalue weighted by atomic mass is 16.7. The number of allylic oxidation sites excluding steroid dienone is 1. The first kappa shape index (κ1) is 22.0. The third-order valence-corrected chi connectivity index (χ3v) is 8.23. The maximum atomic E-state index is 13.5. The molecule has 0 aromatic carbocycles. The highest BCUT2D eigenvalue weighted by molar-refractivity contribution is 5.82. The molecular formula is C23H30O8. The maximum Gasteiger partial charge on any atom is 0.315 e. The van der Waals surface area contributed by atoms with Gasteiger partial charge < -0.3 is 24.4 Å². The Kier molecular flexibility index (Phi) is 5.29. The van der Waals surface area contributed by atoms with E-state index in [4.69, 9.17) is 14.2 Å². The lowest BCUT2D eigenvalue weighted by atomic mass is 9.51. The Morgan fingerprint density at radius 2 is 2.10 bits per heavy atom. The monoisotopic (exact) mass is 434 g/mol. The van der Waals surface area contributed by atoms with Gasteiger partial charge in [-0.1, -0.05) is 18.7 Å².